The van der Waals surface area contributed by atoms with Crippen LogP contribution in [0.1, 0.15) is 5.56 Å². The molecule has 0 atom stereocenters. The van der Waals surface area contributed by atoms with Gasteiger partial charge in [0.05, 0.1) is 0 Å². The summed E-state index contributed by atoms with van der Waals surface area (Å²) in [6.07, 6.45) is 1.41. The summed E-state index contributed by atoms with van der Waals surface area (Å²) in [6, 6.07) is 1.20. The highest BCUT2D eigenvalue weighted by Gasteiger charge is 1.95. The molecule has 3 nitrogen and oxygen atoms in total. The summed E-state index contributed by atoms with van der Waals surface area (Å²) >= 11 is 0. The lowest BCUT2D eigenvalue weighted by Crippen LogP contribution is -1.77. The van der Waals surface area contributed by atoms with Gasteiger partial charge in [0.15, 0.2) is 0 Å². The van der Waals surface area contributed by atoms with Gasteiger partial charge in [-0.2, -0.15) is 0 Å². The lowest BCUT2D eigenvalue weighted by Gasteiger charge is -1.95. The smallest absolute Gasteiger partial charge is 0.214 e. The second kappa shape index (κ2) is 1.93. The van der Waals surface area contributed by atoms with Gasteiger partial charge in [-0.05, 0) is 6.92 Å². The third kappa shape index (κ3) is 1.10. The van der Waals surface area contributed by atoms with Crippen molar-refractivity contribution in [2.24, 2.45) is 0 Å². The number of aromatic nitrogens is 1. The molecule has 0 aliphatic heterocycles. The Balaban J connectivity index is 3.17. The maximum atomic E-state index is 8.90. The number of rotatable bonds is 0. The first-order chi connectivity index (χ1) is 4.20. The van der Waals surface area contributed by atoms with Crippen LogP contribution < -0.4 is 0 Å². The summed E-state index contributed by atoms with van der Waals surface area (Å²) in [5.74, 6) is -0.0828. The SMILES string of the molecule is Cc1cnc(O)cc1O. The number of aromatic hydroxyl groups is 2. The van der Waals surface area contributed by atoms with Gasteiger partial charge in [-0.3, -0.25) is 0 Å². The van der Waals surface area contributed by atoms with E-state index in [2.05, 4.69) is 4.98 Å². The van der Waals surface area contributed by atoms with E-state index in [-0.39, 0.29) is 11.6 Å². The zero-order valence-electron chi connectivity index (χ0n) is 5.00. The van der Waals surface area contributed by atoms with Crippen molar-refractivity contribution >= 4 is 0 Å². The zero-order valence-corrected chi connectivity index (χ0v) is 5.00. The fourth-order valence-corrected chi connectivity index (χ4v) is 0.502. The van der Waals surface area contributed by atoms with Crippen LogP contribution in [0.5, 0.6) is 11.6 Å². The molecule has 0 amide bonds. The highest BCUT2D eigenvalue weighted by atomic mass is 16.3. The molecule has 0 fully saturated rings. The maximum absolute atomic E-state index is 8.90. The summed E-state index contributed by atoms with van der Waals surface area (Å²) in [5, 5.41) is 17.6. The summed E-state index contributed by atoms with van der Waals surface area (Å²) in [5.41, 5.74) is 0.660. The highest BCUT2D eigenvalue weighted by Crippen LogP contribution is 2.17. The predicted octanol–water partition coefficient (Wildman–Crippen LogP) is 0.801. The van der Waals surface area contributed by atoms with E-state index in [4.69, 9.17) is 10.2 Å². The van der Waals surface area contributed by atoms with Crippen molar-refractivity contribution in [3.63, 3.8) is 0 Å². The fraction of sp³-hybridized carbons (Fsp3) is 0.167. The first-order valence-electron chi connectivity index (χ1n) is 2.55. The largest absolute Gasteiger partial charge is 0.507 e. The van der Waals surface area contributed by atoms with E-state index in [1.165, 1.54) is 12.3 Å². The van der Waals surface area contributed by atoms with E-state index in [0.717, 1.165) is 0 Å². The highest BCUT2D eigenvalue weighted by molar-refractivity contribution is 5.31. The Bertz CT molecular complexity index is 222. The molecule has 0 aliphatic carbocycles. The van der Waals surface area contributed by atoms with E-state index in [1.54, 1.807) is 6.92 Å². The lowest BCUT2D eigenvalue weighted by atomic mass is 10.3. The number of pyridine rings is 1. The van der Waals surface area contributed by atoms with Crippen LogP contribution in [-0.4, -0.2) is 15.2 Å². The van der Waals surface area contributed by atoms with Crippen molar-refractivity contribution < 1.29 is 10.2 Å². The van der Waals surface area contributed by atoms with Crippen molar-refractivity contribution in [2.45, 2.75) is 6.92 Å². The molecule has 0 unspecified atom stereocenters. The Hall–Kier alpha value is -1.25. The van der Waals surface area contributed by atoms with Crippen LogP contribution >= 0.6 is 0 Å². The third-order valence-corrected chi connectivity index (χ3v) is 1.06. The minimum Gasteiger partial charge on any atom is -0.507 e. The van der Waals surface area contributed by atoms with Gasteiger partial charge in [0, 0.05) is 17.8 Å². The molecule has 1 aromatic rings. The Morgan fingerprint density at radius 1 is 1.44 bits per heavy atom. The van der Waals surface area contributed by atoms with Crippen LogP contribution in [-0.2, 0) is 0 Å². The number of hydrogen-bond acceptors (Lipinski definition) is 3. The third-order valence-electron chi connectivity index (χ3n) is 1.06. The van der Waals surface area contributed by atoms with Crippen LogP contribution in [0.4, 0.5) is 0 Å². The van der Waals surface area contributed by atoms with Crippen LogP contribution in [0.2, 0.25) is 0 Å². The lowest BCUT2D eigenvalue weighted by molar-refractivity contribution is 0.433. The van der Waals surface area contributed by atoms with Gasteiger partial charge < -0.3 is 10.2 Å². The van der Waals surface area contributed by atoms with Crippen LogP contribution in [0.25, 0.3) is 0 Å². The minimum atomic E-state index is -0.155. The molecule has 9 heavy (non-hydrogen) atoms. The average molecular weight is 125 g/mol. The molecule has 0 saturated carbocycles. The molecule has 0 aromatic carbocycles. The quantitative estimate of drug-likeness (QED) is 0.539. The van der Waals surface area contributed by atoms with Gasteiger partial charge in [0.2, 0.25) is 5.88 Å². The molecule has 0 radical (unpaired) electrons. The maximum Gasteiger partial charge on any atom is 0.214 e. The molecule has 48 valence electrons. The molecule has 0 spiro atoms. The summed E-state index contributed by atoms with van der Waals surface area (Å²) in [6.45, 7) is 1.71. The first-order valence-corrected chi connectivity index (χ1v) is 2.55. The predicted molar refractivity (Wildman–Crippen MR) is 32.3 cm³/mol. The van der Waals surface area contributed by atoms with E-state index in [9.17, 15) is 0 Å². The molecular formula is C6H7NO2. The van der Waals surface area contributed by atoms with Crippen LogP contribution in [0.15, 0.2) is 12.3 Å². The van der Waals surface area contributed by atoms with E-state index in [1.807, 2.05) is 0 Å². The Kier molecular flexibility index (Phi) is 1.26. The Morgan fingerprint density at radius 3 is 2.56 bits per heavy atom. The molecule has 0 saturated heterocycles. The van der Waals surface area contributed by atoms with Gasteiger partial charge in [0.1, 0.15) is 5.75 Å². The van der Waals surface area contributed by atoms with Gasteiger partial charge in [-0.1, -0.05) is 0 Å². The summed E-state index contributed by atoms with van der Waals surface area (Å²) in [4.78, 5) is 3.54. The summed E-state index contributed by atoms with van der Waals surface area (Å²) in [7, 11) is 0. The normalized spacial score (nSPS) is 9.44. The van der Waals surface area contributed by atoms with Crippen molar-refractivity contribution in [1.82, 2.24) is 4.98 Å². The number of nitrogens with zero attached hydrogens (tertiary/aromatic N) is 1. The van der Waals surface area contributed by atoms with Gasteiger partial charge >= 0.3 is 0 Å². The minimum absolute atomic E-state index is 0.0718. The van der Waals surface area contributed by atoms with Crippen molar-refractivity contribution in [3.8, 4) is 11.6 Å². The van der Waals surface area contributed by atoms with Gasteiger partial charge in [-0.25, -0.2) is 4.98 Å². The van der Waals surface area contributed by atoms with Gasteiger partial charge in [0.25, 0.3) is 0 Å². The molecule has 1 heterocycles. The van der Waals surface area contributed by atoms with Crippen molar-refractivity contribution in [1.29, 1.82) is 0 Å². The first kappa shape index (κ1) is 5.88. The molecule has 0 bridgehead atoms. The van der Waals surface area contributed by atoms with Crippen LogP contribution in [0, 0.1) is 6.92 Å². The molecule has 3 heteroatoms. The van der Waals surface area contributed by atoms with E-state index in [0.29, 0.717) is 5.56 Å². The van der Waals surface area contributed by atoms with E-state index >= 15 is 0 Å². The number of aryl methyl sites for hydroxylation is 1. The average Bonchev–Trinajstić information content (AvgIpc) is 1.80. The molecule has 1 rings (SSSR count). The Morgan fingerprint density at radius 2 is 2.11 bits per heavy atom. The number of hydrogen-bond donors (Lipinski definition) is 2. The second-order valence-electron chi connectivity index (χ2n) is 1.83. The van der Waals surface area contributed by atoms with Crippen molar-refractivity contribution in [3.05, 3.63) is 17.8 Å². The van der Waals surface area contributed by atoms with Crippen LogP contribution in [0.3, 0.4) is 0 Å². The van der Waals surface area contributed by atoms with E-state index < -0.39 is 0 Å². The van der Waals surface area contributed by atoms with Crippen molar-refractivity contribution in [2.75, 3.05) is 0 Å². The fourth-order valence-electron chi connectivity index (χ4n) is 0.502. The molecular weight excluding hydrogens is 118 g/mol. The molecule has 2 N–H and O–H groups in total. The standard InChI is InChI=1S/C6H7NO2/c1-4-3-7-6(9)2-5(4)8/h2-3H,1H3,(H2,7,8,9). The molecule has 1 aromatic heterocycles. The zero-order chi connectivity index (χ0) is 6.85. The second-order valence-corrected chi connectivity index (χ2v) is 1.83. The Labute approximate surface area is 52.6 Å². The topological polar surface area (TPSA) is 53.4 Å². The summed E-state index contributed by atoms with van der Waals surface area (Å²) < 4.78 is 0. The van der Waals surface area contributed by atoms with Gasteiger partial charge in [-0.15, -0.1) is 0 Å². The molecule has 0 aliphatic rings. The monoisotopic (exact) mass is 125 g/mol.